The van der Waals surface area contributed by atoms with Crippen LogP contribution in [-0.2, 0) is 0 Å². The van der Waals surface area contributed by atoms with Crippen LogP contribution in [0.3, 0.4) is 0 Å². The lowest BCUT2D eigenvalue weighted by Crippen LogP contribution is -2.03. The SMILES string of the molecule is Cc1c(F)c(F)c(F)c(F)c1C#N.N=P.[3H]F. The van der Waals surface area contributed by atoms with E-state index in [1.165, 1.54) is 6.07 Å². The zero-order valence-electron chi connectivity index (χ0n) is 8.84. The van der Waals surface area contributed by atoms with Gasteiger partial charge in [-0.15, -0.1) is 0 Å². The zero-order chi connectivity index (χ0) is 14.2. The van der Waals surface area contributed by atoms with Gasteiger partial charge in [-0.1, -0.05) is 0 Å². The summed E-state index contributed by atoms with van der Waals surface area (Å²) in [5, 5.41) is 13.8. The molecule has 16 heavy (non-hydrogen) atoms. The monoisotopic (exact) mass is 258 g/mol. The number of hydrogen-bond acceptors (Lipinski definition) is 2. The molecule has 8 heteroatoms. The first-order chi connectivity index (χ1) is 8.00. The van der Waals surface area contributed by atoms with Gasteiger partial charge in [0, 0.05) is 5.56 Å². The number of halogens is 5. The summed E-state index contributed by atoms with van der Waals surface area (Å²) in [5.74, 6) is -7.04. The van der Waals surface area contributed by atoms with Crippen LogP contribution in [-0.4, -0.2) is 1.45 Å². The lowest BCUT2D eigenvalue weighted by atomic mass is 10.1. The number of nitrogens with zero attached hydrogens (tertiary/aromatic N) is 1. The summed E-state index contributed by atoms with van der Waals surface area (Å²) in [7, 11) is 2.22. The van der Waals surface area contributed by atoms with E-state index in [0.717, 1.165) is 6.92 Å². The highest BCUT2D eigenvalue weighted by Gasteiger charge is 2.22. The summed E-state index contributed by atoms with van der Waals surface area (Å²) in [4.78, 5) is 0. The third-order valence-corrected chi connectivity index (χ3v) is 1.61. The van der Waals surface area contributed by atoms with Crippen LogP contribution in [0.4, 0.5) is 22.3 Å². The summed E-state index contributed by atoms with van der Waals surface area (Å²) < 4.78 is 63.3. The molecular weight excluding hydrogens is 250 g/mol. The number of hydrogen-bond donors (Lipinski definition) is 1. The van der Waals surface area contributed by atoms with Gasteiger partial charge < -0.3 is 0 Å². The summed E-state index contributed by atoms with van der Waals surface area (Å²) in [6, 6.07) is 1.25. The van der Waals surface area contributed by atoms with E-state index in [-0.39, 0.29) is 0 Å². The smallest absolute Gasteiger partial charge is 0.269 e. The molecule has 0 fully saturated rings. The quantitative estimate of drug-likeness (QED) is 0.329. The molecule has 0 aliphatic rings. The Kier molecular flexibility index (Phi) is 6.19. The lowest BCUT2D eigenvalue weighted by Gasteiger charge is -2.03. The second-order valence-electron chi connectivity index (χ2n) is 2.37. The molecule has 0 aliphatic heterocycles. The van der Waals surface area contributed by atoms with Crippen LogP contribution in [0.25, 0.3) is 0 Å². The summed E-state index contributed by atoms with van der Waals surface area (Å²) in [5.41, 5.74) is -1.34. The molecule has 0 amide bonds. The van der Waals surface area contributed by atoms with Crippen molar-refractivity contribution < 1.29 is 22.3 Å². The van der Waals surface area contributed by atoms with Crippen LogP contribution in [0.5, 0.6) is 0 Å². The van der Waals surface area contributed by atoms with Crippen LogP contribution < -0.4 is 0 Å². The molecule has 0 aromatic heterocycles. The van der Waals surface area contributed by atoms with Gasteiger partial charge in [-0.2, -0.15) is 5.26 Å². The van der Waals surface area contributed by atoms with Crippen molar-refractivity contribution in [3.05, 3.63) is 34.4 Å². The van der Waals surface area contributed by atoms with Crippen LogP contribution in [0, 0.1) is 46.7 Å². The van der Waals surface area contributed by atoms with Crippen molar-refractivity contribution in [1.82, 2.24) is 0 Å². The molecule has 1 aromatic carbocycles. The van der Waals surface area contributed by atoms with E-state index in [2.05, 4.69) is 10.5 Å². The van der Waals surface area contributed by atoms with Crippen LogP contribution >= 0.6 is 9.03 Å². The molecular formula is C8H6F5N2P. The molecule has 88 valence electrons. The predicted octanol–water partition coefficient (Wildman–Crippen LogP) is 3.47. The highest BCUT2D eigenvalue weighted by Crippen LogP contribution is 2.22. The van der Waals surface area contributed by atoms with Gasteiger partial charge in [0.1, 0.15) is 6.07 Å². The molecule has 0 atom stereocenters. The average Bonchev–Trinajstić information content (AvgIpc) is 2.39. The van der Waals surface area contributed by atoms with E-state index >= 15 is 0 Å². The fourth-order valence-electron chi connectivity index (χ4n) is 0.874. The van der Waals surface area contributed by atoms with Gasteiger partial charge in [0.05, 0.1) is 5.56 Å². The fourth-order valence-corrected chi connectivity index (χ4v) is 0.874. The minimum Gasteiger partial charge on any atom is -0.287 e. The van der Waals surface area contributed by atoms with Crippen molar-refractivity contribution in [2.45, 2.75) is 6.92 Å². The van der Waals surface area contributed by atoms with Gasteiger partial charge >= 0.3 is 0 Å². The number of benzene rings is 1. The standard InChI is InChI=1S/C8H3F4N.FH.H2NP/c1-3-4(2-13)6(10)8(12)7(11)5(3)9;;1-2/h1H3;1H;1-2H/i/hT. The molecule has 0 saturated heterocycles. The topological polar surface area (TPSA) is 47.6 Å². The molecule has 0 saturated carbocycles. The van der Waals surface area contributed by atoms with Crippen molar-refractivity contribution in [3.8, 4) is 6.07 Å². The van der Waals surface area contributed by atoms with Crippen molar-refractivity contribution in [2.75, 3.05) is 0 Å². The van der Waals surface area contributed by atoms with Crippen molar-refractivity contribution >= 4 is 9.03 Å². The first-order valence-corrected chi connectivity index (χ1v) is 3.98. The van der Waals surface area contributed by atoms with E-state index in [1.54, 1.807) is 0 Å². The number of rotatable bonds is 0. The first kappa shape index (κ1) is 14.5. The van der Waals surface area contributed by atoms with Gasteiger partial charge in [0.25, 0.3) is 1.45 Å². The van der Waals surface area contributed by atoms with E-state index in [9.17, 15) is 17.6 Å². The Morgan fingerprint density at radius 1 is 1.12 bits per heavy atom. The summed E-state index contributed by atoms with van der Waals surface area (Å²) in [6.07, 6.45) is 0. The fraction of sp³-hybridized carbons (Fsp3) is 0.125. The Morgan fingerprint density at radius 2 is 1.50 bits per heavy atom. The molecule has 0 aliphatic carbocycles. The largest absolute Gasteiger partial charge is 0.287 e. The minimum atomic E-state index is -1.96. The van der Waals surface area contributed by atoms with Crippen molar-refractivity contribution in [3.63, 3.8) is 0 Å². The van der Waals surface area contributed by atoms with E-state index in [4.69, 9.17) is 15.1 Å². The molecule has 0 radical (unpaired) electrons. The summed E-state index contributed by atoms with van der Waals surface area (Å²) >= 11 is 0. The Bertz CT molecular complexity index is 406. The highest BCUT2D eigenvalue weighted by atomic mass is 31.0. The molecule has 0 heterocycles. The van der Waals surface area contributed by atoms with Gasteiger partial charge in [0.15, 0.2) is 23.3 Å². The number of nitrogens with one attached hydrogen (secondary N) is 1. The van der Waals surface area contributed by atoms with E-state index < -0.39 is 34.4 Å². The Hall–Kier alpha value is -1.54. The van der Waals surface area contributed by atoms with E-state index in [0.29, 0.717) is 0 Å². The normalized spacial score (nSPS) is 8.69. The van der Waals surface area contributed by atoms with Crippen LogP contribution in [0.15, 0.2) is 0 Å². The first-order valence-electron chi connectivity index (χ1n) is 3.86. The Labute approximate surface area is 91.5 Å². The average molecular weight is 258 g/mol. The van der Waals surface area contributed by atoms with Gasteiger partial charge in [-0.05, 0) is 16.0 Å². The zero-order valence-corrected chi connectivity index (χ0v) is 8.84. The van der Waals surface area contributed by atoms with Gasteiger partial charge in [0.2, 0.25) is 0 Å². The summed E-state index contributed by atoms with van der Waals surface area (Å²) in [6.45, 7) is 0.999. The molecule has 2 nitrogen and oxygen atoms in total. The van der Waals surface area contributed by atoms with E-state index in [1.807, 2.05) is 0 Å². The Morgan fingerprint density at radius 3 is 1.88 bits per heavy atom. The van der Waals surface area contributed by atoms with Crippen molar-refractivity contribution in [1.29, 1.82) is 11.9 Å². The molecule has 1 aromatic rings. The maximum absolute atomic E-state index is 12.7. The maximum atomic E-state index is 12.7. The highest BCUT2D eigenvalue weighted by molar-refractivity contribution is 7.02. The second kappa shape index (κ2) is 6.85. The molecule has 0 spiro atoms. The third-order valence-electron chi connectivity index (χ3n) is 1.61. The van der Waals surface area contributed by atoms with Gasteiger partial charge in [-0.25, -0.2) is 17.6 Å². The minimum absolute atomic E-state index is 0.529. The second-order valence-corrected chi connectivity index (χ2v) is 2.37. The molecule has 0 unspecified atom stereocenters. The Balaban J connectivity index is 0. The third kappa shape index (κ3) is 2.74. The van der Waals surface area contributed by atoms with Crippen LogP contribution in [0.2, 0.25) is 0 Å². The molecule has 0 bridgehead atoms. The van der Waals surface area contributed by atoms with Crippen LogP contribution in [0.1, 0.15) is 11.1 Å². The van der Waals surface area contributed by atoms with Crippen molar-refractivity contribution in [2.24, 2.45) is 0 Å². The maximum Gasteiger partial charge on any atom is 0.269 e. The lowest BCUT2D eigenvalue weighted by molar-refractivity contribution is 0.404. The van der Waals surface area contributed by atoms with Gasteiger partial charge in [-0.3, -0.25) is 9.88 Å². The number of nitriles is 1. The molecule has 1 rings (SSSR count). The predicted molar refractivity (Wildman–Crippen MR) is 49.3 cm³/mol. The molecule has 1 N–H and O–H groups in total.